The summed E-state index contributed by atoms with van der Waals surface area (Å²) in [4.78, 5) is 4.80. The van der Waals surface area contributed by atoms with Crippen LogP contribution in [0, 0.1) is 0 Å². The van der Waals surface area contributed by atoms with Crippen LogP contribution in [0.15, 0.2) is 34.1 Å². The van der Waals surface area contributed by atoms with Gasteiger partial charge in [0.25, 0.3) is 0 Å². The minimum Gasteiger partial charge on any atom is -0.246 e. The highest BCUT2D eigenvalue weighted by atomic mass is 79.9. The summed E-state index contributed by atoms with van der Waals surface area (Å²) in [6.07, 6.45) is 0.994. The van der Waals surface area contributed by atoms with Crippen molar-refractivity contribution >= 4 is 43.2 Å². The van der Waals surface area contributed by atoms with Gasteiger partial charge in [0.15, 0.2) is 0 Å². The minimum atomic E-state index is 0.135. The first-order valence-corrected chi connectivity index (χ1v) is 9.46. The smallest absolute Gasteiger partial charge is 0.0934 e. The van der Waals surface area contributed by atoms with Gasteiger partial charge < -0.3 is 0 Å². The minimum absolute atomic E-state index is 0.135. The molecule has 0 aliphatic rings. The second-order valence-electron chi connectivity index (χ2n) is 5.98. The van der Waals surface area contributed by atoms with Crippen molar-refractivity contribution in [3.8, 4) is 0 Å². The molecule has 0 radical (unpaired) electrons. The summed E-state index contributed by atoms with van der Waals surface area (Å²) < 4.78 is 1.12. The predicted octanol–water partition coefficient (Wildman–Crippen LogP) is 5.92. The van der Waals surface area contributed by atoms with Crippen LogP contribution in [0.25, 0.3) is 0 Å². The Morgan fingerprint density at radius 3 is 2.35 bits per heavy atom. The zero-order valence-electron chi connectivity index (χ0n) is 12.0. The number of benzene rings is 1. The van der Waals surface area contributed by atoms with Crippen LogP contribution in [0.4, 0.5) is 0 Å². The van der Waals surface area contributed by atoms with E-state index in [2.05, 4.69) is 82.3 Å². The molecule has 0 fully saturated rings. The molecule has 0 N–H and O–H groups in total. The lowest BCUT2D eigenvalue weighted by molar-refractivity contribution is 0.569. The molecule has 0 bridgehead atoms. The molecule has 0 saturated carbocycles. The van der Waals surface area contributed by atoms with E-state index in [1.165, 1.54) is 16.3 Å². The zero-order chi connectivity index (χ0) is 14.8. The molecule has 1 atom stereocenters. The molecule has 0 spiro atoms. The maximum absolute atomic E-state index is 4.80. The van der Waals surface area contributed by atoms with Gasteiger partial charge in [-0.1, -0.05) is 64.8 Å². The van der Waals surface area contributed by atoms with Crippen LogP contribution >= 0.6 is 43.2 Å². The largest absolute Gasteiger partial charge is 0.246 e. The van der Waals surface area contributed by atoms with Crippen molar-refractivity contribution in [3.05, 3.63) is 50.4 Å². The molecule has 1 nitrogen and oxygen atoms in total. The van der Waals surface area contributed by atoms with E-state index in [-0.39, 0.29) is 5.41 Å². The van der Waals surface area contributed by atoms with E-state index >= 15 is 0 Å². The van der Waals surface area contributed by atoms with Gasteiger partial charge >= 0.3 is 0 Å². The lowest BCUT2D eigenvalue weighted by Gasteiger charge is -2.15. The number of alkyl halides is 1. The summed E-state index contributed by atoms with van der Waals surface area (Å²) >= 11 is 8.90. The molecule has 108 valence electrons. The lowest BCUT2D eigenvalue weighted by Crippen LogP contribution is -2.12. The van der Waals surface area contributed by atoms with E-state index in [0.717, 1.165) is 16.2 Å². The number of hydrogen-bond acceptors (Lipinski definition) is 2. The third-order valence-electron chi connectivity index (χ3n) is 3.27. The van der Waals surface area contributed by atoms with Gasteiger partial charge in [-0.15, -0.1) is 11.3 Å². The quantitative estimate of drug-likeness (QED) is 0.563. The Hall–Kier alpha value is -0.190. The molecule has 2 rings (SSSR count). The van der Waals surface area contributed by atoms with Crippen molar-refractivity contribution in [3.63, 3.8) is 0 Å². The fraction of sp³-hybridized carbons (Fsp3) is 0.438. The number of aromatic nitrogens is 1. The van der Waals surface area contributed by atoms with E-state index in [1.54, 1.807) is 11.3 Å². The first-order valence-electron chi connectivity index (χ1n) is 6.66. The maximum atomic E-state index is 4.80. The van der Waals surface area contributed by atoms with Crippen LogP contribution in [-0.2, 0) is 11.8 Å². The van der Waals surface area contributed by atoms with E-state index in [0.29, 0.717) is 5.92 Å². The SMILES string of the molecule is CC(C)(C)c1csc(CC(CBr)c2ccc(Br)cc2)n1. The normalized spacial score (nSPS) is 13.4. The van der Waals surface area contributed by atoms with Crippen LogP contribution in [0.3, 0.4) is 0 Å². The Morgan fingerprint density at radius 2 is 1.85 bits per heavy atom. The van der Waals surface area contributed by atoms with Crippen LogP contribution in [0.5, 0.6) is 0 Å². The third kappa shape index (κ3) is 4.15. The molecular formula is C16H19Br2NS. The summed E-state index contributed by atoms with van der Waals surface area (Å²) in [5, 5.41) is 4.38. The second kappa shape index (κ2) is 6.71. The van der Waals surface area contributed by atoms with Crippen LogP contribution in [-0.4, -0.2) is 10.3 Å². The van der Waals surface area contributed by atoms with Crippen molar-refractivity contribution in [2.75, 3.05) is 5.33 Å². The molecule has 0 aliphatic heterocycles. The van der Waals surface area contributed by atoms with E-state index in [1.807, 2.05) is 0 Å². The molecule has 4 heteroatoms. The van der Waals surface area contributed by atoms with E-state index < -0.39 is 0 Å². The second-order valence-corrected chi connectivity index (χ2v) is 8.49. The van der Waals surface area contributed by atoms with Crippen molar-refractivity contribution < 1.29 is 0 Å². The van der Waals surface area contributed by atoms with Crippen molar-refractivity contribution in [1.82, 2.24) is 4.98 Å². The van der Waals surface area contributed by atoms with Gasteiger partial charge in [0, 0.05) is 27.0 Å². The summed E-state index contributed by atoms with van der Waals surface area (Å²) in [7, 11) is 0. The van der Waals surface area contributed by atoms with Gasteiger partial charge in [-0.3, -0.25) is 0 Å². The molecule has 1 heterocycles. The fourth-order valence-corrected chi connectivity index (χ4v) is 3.93. The van der Waals surface area contributed by atoms with Gasteiger partial charge in [-0.05, 0) is 23.6 Å². The Kier molecular flexibility index (Phi) is 5.43. The van der Waals surface area contributed by atoms with Gasteiger partial charge in [-0.25, -0.2) is 4.98 Å². The monoisotopic (exact) mass is 415 g/mol. The first kappa shape index (κ1) is 16.2. The number of rotatable bonds is 4. The average Bonchev–Trinajstić information content (AvgIpc) is 2.85. The highest BCUT2D eigenvalue weighted by molar-refractivity contribution is 9.10. The summed E-state index contributed by atoms with van der Waals surface area (Å²) in [5.41, 5.74) is 2.69. The molecule has 1 unspecified atom stereocenters. The fourth-order valence-electron chi connectivity index (χ4n) is 1.96. The van der Waals surface area contributed by atoms with E-state index in [4.69, 9.17) is 4.98 Å². The van der Waals surface area contributed by atoms with Gasteiger partial charge in [0.1, 0.15) is 0 Å². The van der Waals surface area contributed by atoms with Gasteiger partial charge in [0.2, 0.25) is 0 Å². The molecule has 0 saturated heterocycles. The Morgan fingerprint density at radius 1 is 1.20 bits per heavy atom. The van der Waals surface area contributed by atoms with Crippen LogP contribution in [0.1, 0.15) is 43.0 Å². The number of nitrogens with zero attached hydrogens (tertiary/aromatic N) is 1. The topological polar surface area (TPSA) is 12.9 Å². The zero-order valence-corrected chi connectivity index (χ0v) is 16.0. The van der Waals surface area contributed by atoms with Crippen molar-refractivity contribution in [2.24, 2.45) is 0 Å². The van der Waals surface area contributed by atoms with Crippen molar-refractivity contribution in [2.45, 2.75) is 38.5 Å². The number of hydrogen-bond donors (Lipinski definition) is 0. The number of halogens is 2. The third-order valence-corrected chi connectivity index (χ3v) is 5.45. The number of thiazole rings is 1. The van der Waals surface area contributed by atoms with Crippen molar-refractivity contribution in [1.29, 1.82) is 0 Å². The van der Waals surface area contributed by atoms with Crippen LogP contribution in [0.2, 0.25) is 0 Å². The molecule has 0 amide bonds. The Balaban J connectivity index is 2.14. The average molecular weight is 417 g/mol. The predicted molar refractivity (Wildman–Crippen MR) is 95.2 cm³/mol. The highest BCUT2D eigenvalue weighted by Gasteiger charge is 2.19. The summed E-state index contributed by atoms with van der Waals surface area (Å²) in [6, 6.07) is 8.59. The molecular weight excluding hydrogens is 398 g/mol. The highest BCUT2D eigenvalue weighted by Crippen LogP contribution is 2.29. The lowest BCUT2D eigenvalue weighted by atomic mass is 9.93. The van der Waals surface area contributed by atoms with Gasteiger partial charge in [0.05, 0.1) is 10.7 Å². The molecule has 1 aromatic heterocycles. The maximum Gasteiger partial charge on any atom is 0.0934 e. The first-order chi connectivity index (χ1) is 9.40. The standard InChI is InChI=1S/C16H19Br2NS/c1-16(2,3)14-10-20-15(19-14)8-12(9-17)11-4-6-13(18)7-5-11/h4-7,10,12H,8-9H2,1-3H3. The molecule has 20 heavy (non-hydrogen) atoms. The molecule has 1 aromatic carbocycles. The summed E-state index contributed by atoms with van der Waals surface area (Å²) in [5.74, 6) is 0.474. The Bertz CT molecular complexity index is 555. The summed E-state index contributed by atoms with van der Waals surface area (Å²) in [6.45, 7) is 6.63. The molecule has 2 aromatic rings. The van der Waals surface area contributed by atoms with E-state index in [9.17, 15) is 0 Å². The Labute approximate surface area is 142 Å². The molecule has 0 aliphatic carbocycles. The van der Waals surface area contributed by atoms with Crippen LogP contribution < -0.4 is 0 Å². The van der Waals surface area contributed by atoms with Gasteiger partial charge in [-0.2, -0.15) is 0 Å².